The third-order valence-electron chi connectivity index (χ3n) is 3.52. The molecular weight excluding hydrogens is 322 g/mol. The second-order valence-corrected chi connectivity index (χ2v) is 7.15. The van der Waals surface area contributed by atoms with Gasteiger partial charge >= 0.3 is 0 Å². The summed E-state index contributed by atoms with van der Waals surface area (Å²) in [5, 5.41) is 9.55. The average molecular weight is 354 g/mol. The number of aliphatic imine (C=N–C) groups is 1. The van der Waals surface area contributed by atoms with Crippen LogP contribution in [-0.2, 0) is 0 Å². The maximum Gasteiger partial charge on any atom is 0.263 e. The summed E-state index contributed by atoms with van der Waals surface area (Å²) in [5.41, 5.74) is 2.46. The number of nitrogens with zero attached hydrogens (tertiary/aromatic N) is 2. The zero-order valence-electron chi connectivity index (χ0n) is 15.5. The lowest BCUT2D eigenvalue weighted by molar-refractivity contribution is 0.0958. The fraction of sp³-hybridized carbons (Fsp3) is 0.706. The molecule has 0 aliphatic carbocycles. The van der Waals surface area contributed by atoms with Crippen LogP contribution in [0.2, 0.25) is 0 Å². The van der Waals surface area contributed by atoms with Gasteiger partial charge in [0.05, 0.1) is 17.7 Å². The smallest absolute Gasteiger partial charge is 0.263 e. The van der Waals surface area contributed by atoms with Gasteiger partial charge in [-0.05, 0) is 39.5 Å². The zero-order chi connectivity index (χ0) is 17.9. The van der Waals surface area contributed by atoms with Crippen molar-refractivity contribution in [3.05, 3.63) is 16.1 Å². The van der Waals surface area contributed by atoms with Crippen LogP contribution in [0.1, 0.15) is 55.9 Å². The summed E-state index contributed by atoms with van der Waals surface area (Å²) in [6, 6.07) is 0.375. The number of carbonyl (C=O) groups excluding carboxylic acids is 1. The van der Waals surface area contributed by atoms with Gasteiger partial charge < -0.3 is 16.0 Å². The number of amides is 1. The summed E-state index contributed by atoms with van der Waals surface area (Å²) >= 11 is 1.36. The van der Waals surface area contributed by atoms with Crippen LogP contribution in [0.15, 0.2) is 10.5 Å². The average Bonchev–Trinajstić information content (AvgIpc) is 2.95. The fourth-order valence-electron chi connectivity index (χ4n) is 2.15. The Balaban J connectivity index is 2.39. The number of carbonyl (C=O) groups is 1. The van der Waals surface area contributed by atoms with Crippen molar-refractivity contribution in [3.8, 4) is 0 Å². The molecule has 7 heteroatoms. The fourth-order valence-corrected chi connectivity index (χ4v) is 2.86. The predicted octanol–water partition coefficient (Wildman–Crippen LogP) is 2.56. The van der Waals surface area contributed by atoms with Gasteiger partial charge in [-0.1, -0.05) is 13.8 Å². The number of hydrogen-bond donors (Lipinski definition) is 3. The first-order chi connectivity index (χ1) is 11.4. The van der Waals surface area contributed by atoms with E-state index in [1.54, 1.807) is 5.51 Å². The van der Waals surface area contributed by atoms with Gasteiger partial charge in [0.15, 0.2) is 5.96 Å². The SMILES string of the molecule is CCNC(=NCCNC(=O)c1scnc1C)NC(C)CCC(C)C. The molecule has 1 unspecified atom stereocenters. The van der Waals surface area contributed by atoms with Gasteiger partial charge in [0.1, 0.15) is 4.88 Å². The lowest BCUT2D eigenvalue weighted by Gasteiger charge is -2.18. The van der Waals surface area contributed by atoms with Gasteiger partial charge in [0.2, 0.25) is 0 Å². The Hall–Kier alpha value is -1.63. The lowest BCUT2D eigenvalue weighted by Crippen LogP contribution is -2.42. The highest BCUT2D eigenvalue weighted by Gasteiger charge is 2.10. The molecule has 1 atom stereocenters. The van der Waals surface area contributed by atoms with Crippen LogP contribution in [0, 0.1) is 12.8 Å². The van der Waals surface area contributed by atoms with Crippen LogP contribution in [0.3, 0.4) is 0 Å². The second kappa shape index (κ2) is 11.0. The number of nitrogens with one attached hydrogen (secondary N) is 3. The molecule has 0 spiro atoms. The highest BCUT2D eigenvalue weighted by Crippen LogP contribution is 2.11. The summed E-state index contributed by atoms with van der Waals surface area (Å²) in [6.45, 7) is 12.4. The highest BCUT2D eigenvalue weighted by atomic mass is 32.1. The normalized spacial score (nSPS) is 13.0. The van der Waals surface area contributed by atoms with Crippen LogP contribution >= 0.6 is 11.3 Å². The molecule has 0 bridgehead atoms. The summed E-state index contributed by atoms with van der Waals surface area (Å²) in [4.78, 5) is 21.3. The minimum Gasteiger partial charge on any atom is -0.357 e. The van der Waals surface area contributed by atoms with Gasteiger partial charge in [-0.2, -0.15) is 0 Å². The number of rotatable bonds is 9. The first-order valence-electron chi connectivity index (χ1n) is 8.67. The third kappa shape index (κ3) is 7.77. The quantitative estimate of drug-likeness (QED) is 0.362. The van der Waals surface area contributed by atoms with E-state index in [2.05, 4.69) is 46.7 Å². The Morgan fingerprint density at radius 3 is 2.62 bits per heavy atom. The van der Waals surface area contributed by atoms with E-state index < -0.39 is 0 Å². The Bertz CT molecular complexity index is 527. The van der Waals surface area contributed by atoms with E-state index in [-0.39, 0.29) is 5.91 Å². The molecule has 1 heterocycles. The van der Waals surface area contributed by atoms with Crippen LogP contribution in [0.25, 0.3) is 0 Å². The Kier molecular flexibility index (Phi) is 9.37. The van der Waals surface area contributed by atoms with Crippen molar-refractivity contribution >= 4 is 23.2 Å². The molecule has 0 aromatic carbocycles. The van der Waals surface area contributed by atoms with Crippen LogP contribution in [0.5, 0.6) is 0 Å². The molecule has 3 N–H and O–H groups in total. The monoisotopic (exact) mass is 353 g/mol. The molecule has 0 radical (unpaired) electrons. The summed E-state index contributed by atoms with van der Waals surface area (Å²) < 4.78 is 0. The van der Waals surface area contributed by atoms with E-state index in [1.807, 2.05) is 13.8 Å². The largest absolute Gasteiger partial charge is 0.357 e. The maximum atomic E-state index is 12.0. The zero-order valence-corrected chi connectivity index (χ0v) is 16.3. The number of hydrogen-bond acceptors (Lipinski definition) is 4. The van der Waals surface area contributed by atoms with Crippen molar-refractivity contribution in [3.63, 3.8) is 0 Å². The molecule has 136 valence electrons. The molecule has 1 aromatic rings. The van der Waals surface area contributed by atoms with E-state index in [9.17, 15) is 4.79 Å². The number of guanidine groups is 1. The minimum absolute atomic E-state index is 0.0755. The molecule has 1 amide bonds. The Labute approximate surface area is 149 Å². The molecule has 24 heavy (non-hydrogen) atoms. The van der Waals surface area contributed by atoms with Crippen molar-refractivity contribution in [2.24, 2.45) is 10.9 Å². The molecular formula is C17H31N5OS. The molecule has 0 saturated heterocycles. The van der Waals surface area contributed by atoms with Gasteiger partial charge in [-0.25, -0.2) is 4.98 Å². The van der Waals surface area contributed by atoms with E-state index in [4.69, 9.17) is 0 Å². The van der Waals surface area contributed by atoms with Crippen molar-refractivity contribution in [2.45, 2.75) is 53.5 Å². The summed E-state index contributed by atoms with van der Waals surface area (Å²) in [6.07, 6.45) is 2.31. The van der Waals surface area contributed by atoms with Crippen molar-refractivity contribution < 1.29 is 4.79 Å². The number of thiazole rings is 1. The number of aromatic nitrogens is 1. The van der Waals surface area contributed by atoms with Crippen LogP contribution in [-0.4, -0.2) is 42.5 Å². The standard InChI is InChI=1S/C17H31N5OS/c1-6-18-17(22-13(4)8-7-12(2)3)20-10-9-19-16(23)15-14(5)21-11-24-15/h11-13H,6-10H2,1-5H3,(H,19,23)(H2,18,20,22). The van der Waals surface area contributed by atoms with Crippen LogP contribution < -0.4 is 16.0 Å². The van der Waals surface area contributed by atoms with E-state index in [1.165, 1.54) is 17.8 Å². The molecule has 0 aliphatic rings. The topological polar surface area (TPSA) is 78.4 Å². The maximum absolute atomic E-state index is 12.0. The minimum atomic E-state index is -0.0755. The van der Waals surface area contributed by atoms with Crippen molar-refractivity contribution in [1.82, 2.24) is 20.9 Å². The first-order valence-corrected chi connectivity index (χ1v) is 9.55. The summed E-state index contributed by atoms with van der Waals surface area (Å²) in [7, 11) is 0. The van der Waals surface area contributed by atoms with Gasteiger partial charge in [0, 0.05) is 19.1 Å². The van der Waals surface area contributed by atoms with E-state index in [0.29, 0.717) is 29.9 Å². The Morgan fingerprint density at radius 2 is 2.04 bits per heavy atom. The lowest BCUT2D eigenvalue weighted by atomic mass is 10.0. The van der Waals surface area contributed by atoms with E-state index in [0.717, 1.165) is 24.6 Å². The van der Waals surface area contributed by atoms with E-state index >= 15 is 0 Å². The van der Waals surface area contributed by atoms with Gasteiger partial charge in [-0.3, -0.25) is 9.79 Å². The molecule has 1 rings (SSSR count). The molecule has 0 aliphatic heterocycles. The predicted molar refractivity (Wildman–Crippen MR) is 102 cm³/mol. The molecule has 6 nitrogen and oxygen atoms in total. The molecule has 1 aromatic heterocycles. The van der Waals surface area contributed by atoms with Crippen LogP contribution in [0.4, 0.5) is 0 Å². The third-order valence-corrected chi connectivity index (χ3v) is 4.45. The van der Waals surface area contributed by atoms with Crippen molar-refractivity contribution in [1.29, 1.82) is 0 Å². The summed E-state index contributed by atoms with van der Waals surface area (Å²) in [5.74, 6) is 1.43. The molecule has 0 saturated carbocycles. The van der Waals surface area contributed by atoms with Gasteiger partial charge in [-0.15, -0.1) is 11.3 Å². The Morgan fingerprint density at radius 1 is 1.29 bits per heavy atom. The highest BCUT2D eigenvalue weighted by molar-refractivity contribution is 7.11. The number of aryl methyl sites for hydroxylation is 1. The van der Waals surface area contributed by atoms with Gasteiger partial charge in [0.25, 0.3) is 5.91 Å². The van der Waals surface area contributed by atoms with Crippen molar-refractivity contribution in [2.75, 3.05) is 19.6 Å². The second-order valence-electron chi connectivity index (χ2n) is 6.30. The molecule has 0 fully saturated rings. The first kappa shape index (κ1) is 20.4.